The van der Waals surface area contributed by atoms with Crippen molar-refractivity contribution in [3.63, 3.8) is 0 Å². The molecule has 0 bridgehead atoms. The average molecular weight is 520 g/mol. The van der Waals surface area contributed by atoms with E-state index in [0.29, 0.717) is 38.3 Å². The van der Waals surface area contributed by atoms with Crippen LogP contribution in [-0.4, -0.2) is 77.5 Å². The van der Waals surface area contributed by atoms with E-state index < -0.39 is 6.04 Å². The van der Waals surface area contributed by atoms with Crippen molar-refractivity contribution in [3.8, 4) is 5.75 Å². The Balaban J connectivity index is 1.44. The molecule has 0 radical (unpaired) electrons. The molecule has 2 aromatic carbocycles. The number of amides is 4. The van der Waals surface area contributed by atoms with E-state index in [1.54, 1.807) is 21.9 Å². The number of nitrogens with one attached hydrogen (secondary N) is 3. The smallest absolute Gasteiger partial charge is 0.317 e. The molecule has 1 aliphatic heterocycles. The molecule has 3 N–H and O–H groups in total. The van der Waals surface area contributed by atoms with Gasteiger partial charge in [0.2, 0.25) is 5.91 Å². The molecular weight excluding hydrogens is 482 g/mol. The van der Waals surface area contributed by atoms with Gasteiger partial charge in [0, 0.05) is 55.7 Å². The lowest BCUT2D eigenvalue weighted by atomic mass is 10.0. The van der Waals surface area contributed by atoms with E-state index >= 15 is 0 Å². The summed E-state index contributed by atoms with van der Waals surface area (Å²) >= 11 is 0. The Kier molecular flexibility index (Phi) is 9.24. The zero-order valence-corrected chi connectivity index (χ0v) is 22.1. The summed E-state index contributed by atoms with van der Waals surface area (Å²) in [6, 6.07) is 16.0. The van der Waals surface area contributed by atoms with Crippen LogP contribution in [0.2, 0.25) is 0 Å². The number of H-pyrrole nitrogens is 1. The summed E-state index contributed by atoms with van der Waals surface area (Å²) < 4.78 is 5.60. The molecule has 1 aliphatic rings. The maximum absolute atomic E-state index is 13.7. The molecule has 9 heteroatoms. The number of benzene rings is 2. The maximum atomic E-state index is 13.7. The van der Waals surface area contributed by atoms with Crippen LogP contribution in [0.4, 0.5) is 4.79 Å². The zero-order valence-electron chi connectivity index (χ0n) is 22.1. The largest absolute Gasteiger partial charge is 0.484 e. The molecule has 0 saturated carbocycles. The summed E-state index contributed by atoms with van der Waals surface area (Å²) in [4.78, 5) is 46.0. The molecule has 4 rings (SSSR count). The third kappa shape index (κ3) is 6.85. The first-order valence-corrected chi connectivity index (χ1v) is 13.3. The highest BCUT2D eigenvalue weighted by molar-refractivity contribution is 5.90. The van der Waals surface area contributed by atoms with Crippen LogP contribution >= 0.6 is 0 Å². The molecule has 1 fully saturated rings. The molecule has 1 saturated heterocycles. The number of unbranched alkanes of at least 4 members (excludes halogenated alkanes) is 1. The summed E-state index contributed by atoms with van der Waals surface area (Å²) in [5.74, 6) is 0.0552. The number of fused-ring (bicyclic) bond motifs is 1. The second-order valence-electron chi connectivity index (χ2n) is 9.70. The number of urea groups is 1. The van der Waals surface area contributed by atoms with E-state index in [9.17, 15) is 14.4 Å². The van der Waals surface area contributed by atoms with Crippen molar-refractivity contribution in [2.75, 3.05) is 32.8 Å². The fourth-order valence-corrected chi connectivity index (χ4v) is 4.78. The second-order valence-corrected chi connectivity index (χ2v) is 9.70. The number of hydrogen-bond acceptors (Lipinski definition) is 4. The number of rotatable bonds is 10. The number of piperazine rings is 1. The number of para-hydroxylation sites is 2. The minimum absolute atomic E-state index is 0.0974. The van der Waals surface area contributed by atoms with Crippen LogP contribution in [0.25, 0.3) is 10.9 Å². The number of aromatic amines is 1. The molecule has 0 aliphatic carbocycles. The van der Waals surface area contributed by atoms with Gasteiger partial charge < -0.3 is 30.2 Å². The van der Waals surface area contributed by atoms with Gasteiger partial charge in [-0.25, -0.2) is 4.79 Å². The standard InChI is InChI=1S/C29H37N5O4/c1-3-4-14-30-29(37)34-16-15-33(19-21(34)2)28(36)26(17-22-18-31-25-13-9-8-12-24(22)25)32-27(35)20-38-23-10-6-5-7-11-23/h5-13,18,21,26,31H,3-4,14-17,19-20H2,1-2H3,(H,30,37)(H,32,35). The quantitative estimate of drug-likeness (QED) is 0.357. The van der Waals surface area contributed by atoms with Gasteiger partial charge in [0.1, 0.15) is 11.8 Å². The fourth-order valence-electron chi connectivity index (χ4n) is 4.78. The zero-order chi connectivity index (χ0) is 26.9. The Morgan fingerprint density at radius 3 is 2.61 bits per heavy atom. The van der Waals surface area contributed by atoms with E-state index in [2.05, 4.69) is 22.5 Å². The van der Waals surface area contributed by atoms with Gasteiger partial charge in [0.15, 0.2) is 6.61 Å². The monoisotopic (exact) mass is 519 g/mol. The minimum Gasteiger partial charge on any atom is -0.484 e. The summed E-state index contributed by atoms with van der Waals surface area (Å²) in [5, 5.41) is 6.88. The van der Waals surface area contributed by atoms with Crippen LogP contribution in [0.15, 0.2) is 60.8 Å². The number of nitrogens with zero attached hydrogens (tertiary/aromatic N) is 2. The van der Waals surface area contributed by atoms with Crippen molar-refractivity contribution >= 4 is 28.7 Å². The molecule has 4 amide bonds. The van der Waals surface area contributed by atoms with Crippen molar-refractivity contribution in [2.24, 2.45) is 0 Å². The van der Waals surface area contributed by atoms with E-state index in [1.165, 1.54) is 0 Å². The summed E-state index contributed by atoms with van der Waals surface area (Å²) in [6.45, 7) is 5.73. The van der Waals surface area contributed by atoms with Gasteiger partial charge in [-0.15, -0.1) is 0 Å². The van der Waals surface area contributed by atoms with E-state index in [1.807, 2.05) is 55.6 Å². The Hall–Kier alpha value is -4.01. The van der Waals surface area contributed by atoms with Crippen molar-refractivity contribution < 1.29 is 19.1 Å². The lowest BCUT2D eigenvalue weighted by Gasteiger charge is -2.41. The van der Waals surface area contributed by atoms with Crippen molar-refractivity contribution in [1.82, 2.24) is 25.4 Å². The Morgan fingerprint density at radius 2 is 1.84 bits per heavy atom. The number of aromatic nitrogens is 1. The number of carbonyl (C=O) groups is 3. The molecule has 2 atom stereocenters. The van der Waals surface area contributed by atoms with Crippen LogP contribution in [0.3, 0.4) is 0 Å². The van der Waals surface area contributed by atoms with Gasteiger partial charge in [-0.05, 0) is 37.1 Å². The van der Waals surface area contributed by atoms with Gasteiger partial charge in [0.05, 0.1) is 0 Å². The van der Waals surface area contributed by atoms with Crippen LogP contribution in [0.5, 0.6) is 5.75 Å². The van der Waals surface area contributed by atoms with Gasteiger partial charge >= 0.3 is 6.03 Å². The van der Waals surface area contributed by atoms with Crippen molar-refractivity contribution in [1.29, 1.82) is 0 Å². The second kappa shape index (κ2) is 13.0. The Labute approximate surface area is 223 Å². The predicted octanol–water partition coefficient (Wildman–Crippen LogP) is 3.32. The van der Waals surface area contributed by atoms with Crippen molar-refractivity contribution in [2.45, 2.75) is 45.2 Å². The summed E-state index contributed by atoms with van der Waals surface area (Å²) in [6.07, 6.45) is 4.17. The first kappa shape index (κ1) is 27.0. The number of ether oxygens (including phenoxy) is 1. The normalized spacial score (nSPS) is 16.2. The van der Waals surface area contributed by atoms with Gasteiger partial charge in [-0.1, -0.05) is 49.7 Å². The SMILES string of the molecule is CCCCNC(=O)N1CCN(C(=O)C(Cc2c[nH]c3ccccc23)NC(=O)COc2ccccc2)CC1C. The highest BCUT2D eigenvalue weighted by Gasteiger charge is 2.33. The van der Waals surface area contributed by atoms with E-state index in [0.717, 1.165) is 29.3 Å². The topological polar surface area (TPSA) is 107 Å². The highest BCUT2D eigenvalue weighted by atomic mass is 16.5. The maximum Gasteiger partial charge on any atom is 0.317 e. The molecular formula is C29H37N5O4. The Bertz CT molecular complexity index is 1230. The Morgan fingerprint density at radius 1 is 1.08 bits per heavy atom. The fraction of sp³-hybridized carbons (Fsp3) is 0.414. The van der Waals surface area contributed by atoms with E-state index in [4.69, 9.17) is 4.74 Å². The first-order chi connectivity index (χ1) is 18.5. The van der Waals surface area contributed by atoms with Gasteiger partial charge in [0.25, 0.3) is 5.91 Å². The van der Waals surface area contributed by atoms with Crippen molar-refractivity contribution in [3.05, 3.63) is 66.4 Å². The molecule has 9 nitrogen and oxygen atoms in total. The molecule has 202 valence electrons. The average Bonchev–Trinajstić information content (AvgIpc) is 3.34. The molecule has 0 spiro atoms. The van der Waals surface area contributed by atoms with Crippen LogP contribution in [0.1, 0.15) is 32.3 Å². The van der Waals surface area contributed by atoms with Gasteiger partial charge in [-0.2, -0.15) is 0 Å². The van der Waals surface area contributed by atoms with Crippen LogP contribution < -0.4 is 15.4 Å². The molecule has 1 aromatic heterocycles. The third-order valence-corrected chi connectivity index (χ3v) is 6.85. The molecule has 2 unspecified atom stereocenters. The number of carbonyl (C=O) groups excluding carboxylic acids is 3. The van der Waals surface area contributed by atoms with Gasteiger partial charge in [-0.3, -0.25) is 9.59 Å². The first-order valence-electron chi connectivity index (χ1n) is 13.3. The molecule has 38 heavy (non-hydrogen) atoms. The lowest BCUT2D eigenvalue weighted by Crippen LogP contribution is -2.60. The highest BCUT2D eigenvalue weighted by Crippen LogP contribution is 2.20. The predicted molar refractivity (Wildman–Crippen MR) is 147 cm³/mol. The summed E-state index contributed by atoms with van der Waals surface area (Å²) in [5.41, 5.74) is 1.92. The molecule has 3 aromatic rings. The van der Waals surface area contributed by atoms with Crippen LogP contribution in [-0.2, 0) is 16.0 Å². The summed E-state index contributed by atoms with van der Waals surface area (Å²) in [7, 11) is 0. The van der Waals surface area contributed by atoms with E-state index in [-0.39, 0.29) is 30.5 Å². The lowest BCUT2D eigenvalue weighted by molar-refractivity contribution is -0.138. The third-order valence-electron chi connectivity index (χ3n) is 6.85. The number of hydrogen-bond donors (Lipinski definition) is 3. The molecule has 2 heterocycles. The minimum atomic E-state index is -0.766. The van der Waals surface area contributed by atoms with Crippen LogP contribution in [0, 0.1) is 0 Å².